The number of anilines is 2. The second-order valence-corrected chi connectivity index (χ2v) is 9.03. The zero-order valence-corrected chi connectivity index (χ0v) is 18.3. The number of carbonyl (C=O) groups is 1. The highest BCUT2D eigenvalue weighted by Crippen LogP contribution is 2.40. The molecule has 9 heteroatoms. The van der Waals surface area contributed by atoms with E-state index in [2.05, 4.69) is 25.7 Å². The summed E-state index contributed by atoms with van der Waals surface area (Å²) in [6.07, 6.45) is 3.90. The second kappa shape index (κ2) is 6.70. The molecular weight excluding hydrogens is 406 g/mol. The Morgan fingerprint density at radius 2 is 1.91 bits per heavy atom. The van der Waals surface area contributed by atoms with Crippen LogP contribution in [0.25, 0.3) is 21.8 Å². The molecule has 9 nitrogen and oxygen atoms in total. The molecule has 2 aliphatic rings. The number of nitrogens with one attached hydrogen (secondary N) is 2. The average Bonchev–Trinajstić information content (AvgIpc) is 3.25. The summed E-state index contributed by atoms with van der Waals surface area (Å²) >= 11 is 0. The topological polar surface area (TPSA) is 89.2 Å². The quantitative estimate of drug-likeness (QED) is 0.515. The van der Waals surface area contributed by atoms with E-state index in [9.17, 15) is 4.79 Å². The van der Waals surface area contributed by atoms with Gasteiger partial charge in [0.15, 0.2) is 0 Å². The van der Waals surface area contributed by atoms with Crippen LogP contribution in [0.15, 0.2) is 36.7 Å². The minimum absolute atomic E-state index is 0.218. The van der Waals surface area contributed by atoms with Crippen LogP contribution in [0, 0.1) is 5.41 Å². The molecule has 0 bridgehead atoms. The standard InChI is InChI=1S/C23H25N7O2/c1-28-8-14-6-18(20(32-3)7-17(14)26-28)25-22(31)15-4-5-19(16-9-29(2)27-21(15)16)30-12-23(13-30)10-24-11-23/h4-9,24H,10-13H2,1-3H3,(H,25,31). The van der Waals surface area contributed by atoms with Gasteiger partial charge in [-0.15, -0.1) is 0 Å². The summed E-state index contributed by atoms with van der Waals surface area (Å²) in [4.78, 5) is 15.7. The van der Waals surface area contributed by atoms with Gasteiger partial charge in [-0.1, -0.05) is 0 Å². The fourth-order valence-corrected chi connectivity index (χ4v) is 4.93. The summed E-state index contributed by atoms with van der Waals surface area (Å²) in [6, 6.07) is 7.63. The Morgan fingerprint density at radius 1 is 1.12 bits per heavy atom. The summed E-state index contributed by atoms with van der Waals surface area (Å²) < 4.78 is 9.02. The third-order valence-corrected chi connectivity index (χ3v) is 6.59. The largest absolute Gasteiger partial charge is 0.494 e. The highest BCUT2D eigenvalue weighted by atomic mass is 16.5. The Hall–Kier alpha value is -3.59. The van der Waals surface area contributed by atoms with Gasteiger partial charge in [-0.3, -0.25) is 14.2 Å². The van der Waals surface area contributed by atoms with E-state index in [4.69, 9.17) is 4.74 Å². The van der Waals surface area contributed by atoms with Crippen LogP contribution in [0.1, 0.15) is 10.4 Å². The molecule has 0 atom stereocenters. The van der Waals surface area contributed by atoms with Crippen LogP contribution < -0.4 is 20.3 Å². The van der Waals surface area contributed by atoms with E-state index in [1.807, 2.05) is 50.8 Å². The maximum Gasteiger partial charge on any atom is 0.258 e. The third kappa shape index (κ3) is 2.85. The van der Waals surface area contributed by atoms with Gasteiger partial charge >= 0.3 is 0 Å². The van der Waals surface area contributed by atoms with Gasteiger partial charge in [0.05, 0.1) is 23.9 Å². The number of hydrogen-bond acceptors (Lipinski definition) is 6. The predicted octanol–water partition coefficient (Wildman–Crippen LogP) is 2.13. The zero-order chi connectivity index (χ0) is 22.0. The Bertz CT molecular complexity index is 1370. The average molecular weight is 432 g/mol. The molecular formula is C23H25N7O2. The molecule has 4 heterocycles. The van der Waals surface area contributed by atoms with E-state index in [0.29, 0.717) is 27.9 Å². The van der Waals surface area contributed by atoms with Crippen LogP contribution in [0.4, 0.5) is 11.4 Å². The molecule has 1 amide bonds. The number of methoxy groups -OCH3 is 1. The molecule has 2 fully saturated rings. The summed E-state index contributed by atoms with van der Waals surface area (Å²) in [6.45, 7) is 4.25. The van der Waals surface area contributed by atoms with Crippen LogP contribution in [0.5, 0.6) is 5.75 Å². The number of fused-ring (bicyclic) bond motifs is 2. The van der Waals surface area contributed by atoms with Crippen molar-refractivity contribution in [2.45, 2.75) is 0 Å². The lowest BCUT2D eigenvalue weighted by Crippen LogP contribution is -2.71. The number of aromatic nitrogens is 4. The van der Waals surface area contributed by atoms with Gasteiger partial charge in [-0.05, 0) is 18.2 Å². The van der Waals surface area contributed by atoms with E-state index >= 15 is 0 Å². The number of rotatable bonds is 4. The van der Waals surface area contributed by atoms with Crippen molar-refractivity contribution in [3.63, 3.8) is 0 Å². The molecule has 2 aliphatic heterocycles. The molecule has 0 unspecified atom stereocenters. The lowest BCUT2D eigenvalue weighted by molar-refractivity contribution is 0.102. The molecule has 2 N–H and O–H groups in total. The van der Waals surface area contributed by atoms with Gasteiger partial charge in [0, 0.05) is 80.6 Å². The lowest BCUT2D eigenvalue weighted by atomic mass is 9.74. The van der Waals surface area contributed by atoms with E-state index in [0.717, 1.165) is 48.2 Å². The summed E-state index contributed by atoms with van der Waals surface area (Å²) in [5.41, 5.74) is 4.22. The maximum absolute atomic E-state index is 13.3. The molecule has 2 aromatic carbocycles. The number of hydrogen-bond donors (Lipinski definition) is 2. The fourth-order valence-electron chi connectivity index (χ4n) is 4.93. The monoisotopic (exact) mass is 431 g/mol. The Morgan fingerprint density at radius 3 is 2.62 bits per heavy atom. The van der Waals surface area contributed by atoms with Crippen molar-refractivity contribution in [2.75, 3.05) is 43.5 Å². The molecule has 6 rings (SSSR count). The first-order valence-electron chi connectivity index (χ1n) is 10.7. The molecule has 0 radical (unpaired) electrons. The Kier molecular flexibility index (Phi) is 4.00. The van der Waals surface area contributed by atoms with E-state index < -0.39 is 0 Å². The van der Waals surface area contributed by atoms with Crippen LogP contribution in [0.3, 0.4) is 0 Å². The van der Waals surface area contributed by atoms with E-state index in [1.54, 1.807) is 16.5 Å². The minimum atomic E-state index is -0.218. The van der Waals surface area contributed by atoms with Gasteiger partial charge in [-0.2, -0.15) is 10.2 Å². The number of amides is 1. The van der Waals surface area contributed by atoms with Gasteiger partial charge in [-0.25, -0.2) is 0 Å². The first-order chi connectivity index (χ1) is 15.4. The minimum Gasteiger partial charge on any atom is -0.494 e. The van der Waals surface area contributed by atoms with Crippen LogP contribution in [0.2, 0.25) is 0 Å². The third-order valence-electron chi connectivity index (χ3n) is 6.59. The smallest absolute Gasteiger partial charge is 0.258 e. The molecule has 164 valence electrons. The molecule has 4 aromatic rings. The molecule has 0 saturated carbocycles. The van der Waals surface area contributed by atoms with Crippen LogP contribution >= 0.6 is 0 Å². The van der Waals surface area contributed by atoms with Crippen molar-refractivity contribution < 1.29 is 9.53 Å². The normalized spacial score (nSPS) is 16.9. The fraction of sp³-hybridized carbons (Fsp3) is 0.348. The Labute approximate surface area is 184 Å². The highest BCUT2D eigenvalue weighted by molar-refractivity contribution is 6.14. The van der Waals surface area contributed by atoms with Crippen molar-refractivity contribution in [2.24, 2.45) is 19.5 Å². The number of ether oxygens (including phenoxy) is 1. The van der Waals surface area contributed by atoms with Gasteiger partial charge in [0.2, 0.25) is 0 Å². The SMILES string of the molecule is COc1cc2nn(C)cc2cc1NC(=O)c1ccc(N2CC3(CNC3)C2)c2cn(C)nc12. The van der Waals surface area contributed by atoms with Crippen LogP contribution in [-0.4, -0.2) is 58.8 Å². The van der Waals surface area contributed by atoms with Crippen molar-refractivity contribution in [1.29, 1.82) is 0 Å². The maximum atomic E-state index is 13.3. The first kappa shape index (κ1) is 19.1. The van der Waals surface area contributed by atoms with Crippen molar-refractivity contribution in [3.8, 4) is 5.75 Å². The molecule has 2 saturated heterocycles. The number of carbonyl (C=O) groups excluding carboxylic acids is 1. The van der Waals surface area contributed by atoms with E-state index in [-0.39, 0.29) is 5.91 Å². The molecule has 32 heavy (non-hydrogen) atoms. The molecule has 1 spiro atoms. The van der Waals surface area contributed by atoms with E-state index in [1.165, 1.54) is 0 Å². The number of benzene rings is 2. The molecule has 0 aliphatic carbocycles. The predicted molar refractivity (Wildman–Crippen MR) is 123 cm³/mol. The summed E-state index contributed by atoms with van der Waals surface area (Å²) in [5, 5.41) is 17.3. The van der Waals surface area contributed by atoms with Gasteiger partial charge < -0.3 is 20.3 Å². The second-order valence-electron chi connectivity index (χ2n) is 9.03. The van der Waals surface area contributed by atoms with Crippen LogP contribution in [-0.2, 0) is 14.1 Å². The summed E-state index contributed by atoms with van der Waals surface area (Å²) in [7, 11) is 5.34. The van der Waals surface area contributed by atoms with Crippen molar-refractivity contribution >= 4 is 39.1 Å². The number of nitrogens with zero attached hydrogens (tertiary/aromatic N) is 5. The first-order valence-corrected chi connectivity index (χ1v) is 10.7. The zero-order valence-electron chi connectivity index (χ0n) is 18.3. The lowest BCUT2D eigenvalue weighted by Gasteiger charge is -2.57. The van der Waals surface area contributed by atoms with Gasteiger partial charge in [0.1, 0.15) is 11.3 Å². The molecule has 2 aromatic heterocycles. The summed E-state index contributed by atoms with van der Waals surface area (Å²) in [5.74, 6) is 0.350. The van der Waals surface area contributed by atoms with Gasteiger partial charge in [0.25, 0.3) is 5.91 Å². The number of aryl methyl sites for hydroxylation is 2. The highest BCUT2D eigenvalue weighted by Gasteiger charge is 2.48. The van der Waals surface area contributed by atoms with Crippen molar-refractivity contribution in [1.82, 2.24) is 24.9 Å². The Balaban J connectivity index is 1.34. The van der Waals surface area contributed by atoms with Crippen molar-refractivity contribution in [3.05, 3.63) is 42.2 Å².